The van der Waals surface area contributed by atoms with Gasteiger partial charge in [-0.25, -0.2) is 9.38 Å². The minimum absolute atomic E-state index is 0. The molecule has 0 atom stereocenters. The van der Waals surface area contributed by atoms with Gasteiger partial charge in [0.15, 0.2) is 5.96 Å². The van der Waals surface area contributed by atoms with Crippen LogP contribution in [0.1, 0.15) is 31.9 Å². The van der Waals surface area contributed by atoms with Gasteiger partial charge >= 0.3 is 0 Å². The van der Waals surface area contributed by atoms with Gasteiger partial charge in [-0.2, -0.15) is 0 Å². The van der Waals surface area contributed by atoms with Crippen LogP contribution in [-0.2, 0) is 17.9 Å². The Morgan fingerprint density at radius 3 is 2.18 bits per heavy atom. The predicted molar refractivity (Wildman–Crippen MR) is 123 cm³/mol. The standard InChI is InChI=1S/C21H27FN4O.HI/c1-4-23-21(24-13-16-5-9-18(22)10-6-16)25-14-17-7-11-19(12-8-17)26-20(27)15(2)3;/h5-12,15H,4,13-14H2,1-3H3,(H,26,27)(H2,23,24,25);1H. The summed E-state index contributed by atoms with van der Waals surface area (Å²) in [7, 11) is 0. The summed E-state index contributed by atoms with van der Waals surface area (Å²) in [5.74, 6) is 0.399. The maximum Gasteiger partial charge on any atom is 0.226 e. The van der Waals surface area contributed by atoms with E-state index in [1.165, 1.54) is 12.1 Å². The maximum absolute atomic E-state index is 13.0. The van der Waals surface area contributed by atoms with Crippen LogP contribution >= 0.6 is 24.0 Å². The molecule has 0 spiro atoms. The lowest BCUT2D eigenvalue weighted by Gasteiger charge is -2.12. The zero-order valence-electron chi connectivity index (χ0n) is 16.5. The third kappa shape index (κ3) is 8.24. The van der Waals surface area contributed by atoms with Crippen LogP contribution in [0.5, 0.6) is 0 Å². The van der Waals surface area contributed by atoms with Crippen LogP contribution in [0, 0.1) is 11.7 Å². The molecule has 7 heteroatoms. The van der Waals surface area contributed by atoms with Gasteiger partial charge in [0, 0.05) is 24.7 Å². The number of rotatable bonds is 7. The van der Waals surface area contributed by atoms with Gasteiger partial charge in [-0.1, -0.05) is 38.1 Å². The van der Waals surface area contributed by atoms with Gasteiger partial charge in [0.05, 0.1) is 6.54 Å². The third-order valence-electron chi connectivity index (χ3n) is 3.88. The molecule has 5 nitrogen and oxygen atoms in total. The Hall–Kier alpha value is -2.16. The van der Waals surface area contributed by atoms with Crippen molar-refractivity contribution in [2.75, 3.05) is 11.9 Å². The highest BCUT2D eigenvalue weighted by molar-refractivity contribution is 14.0. The molecule has 0 aliphatic carbocycles. The van der Waals surface area contributed by atoms with Crippen LogP contribution < -0.4 is 16.0 Å². The summed E-state index contributed by atoms with van der Waals surface area (Å²) >= 11 is 0. The Morgan fingerprint density at radius 2 is 1.61 bits per heavy atom. The van der Waals surface area contributed by atoms with Gasteiger partial charge in [0.2, 0.25) is 5.91 Å². The molecule has 152 valence electrons. The van der Waals surface area contributed by atoms with Crippen molar-refractivity contribution in [2.45, 2.75) is 33.9 Å². The maximum atomic E-state index is 13.0. The lowest BCUT2D eigenvalue weighted by Crippen LogP contribution is -2.36. The predicted octanol–water partition coefficient (Wildman–Crippen LogP) is 4.29. The fourth-order valence-corrected chi connectivity index (χ4v) is 2.28. The van der Waals surface area contributed by atoms with E-state index in [-0.39, 0.29) is 41.6 Å². The van der Waals surface area contributed by atoms with E-state index in [0.717, 1.165) is 23.4 Å². The second-order valence-electron chi connectivity index (χ2n) is 6.52. The topological polar surface area (TPSA) is 65.5 Å². The van der Waals surface area contributed by atoms with E-state index in [1.807, 2.05) is 45.0 Å². The molecule has 0 unspecified atom stereocenters. The number of hydrogen-bond donors (Lipinski definition) is 3. The Labute approximate surface area is 183 Å². The molecular weight excluding hydrogens is 470 g/mol. The molecule has 2 rings (SSSR count). The first kappa shape index (κ1) is 23.9. The van der Waals surface area contributed by atoms with Crippen molar-refractivity contribution in [1.82, 2.24) is 10.6 Å². The number of carbonyl (C=O) groups is 1. The molecule has 0 heterocycles. The molecule has 2 aromatic rings. The Bertz CT molecular complexity index is 761. The minimum Gasteiger partial charge on any atom is -0.357 e. The number of halogens is 2. The summed E-state index contributed by atoms with van der Waals surface area (Å²) in [5, 5.41) is 9.30. The van der Waals surface area contributed by atoms with E-state index >= 15 is 0 Å². The van der Waals surface area contributed by atoms with Gasteiger partial charge in [0.25, 0.3) is 0 Å². The van der Waals surface area contributed by atoms with E-state index in [9.17, 15) is 9.18 Å². The van der Waals surface area contributed by atoms with Gasteiger partial charge in [-0.15, -0.1) is 24.0 Å². The molecule has 1 amide bonds. The molecule has 2 aromatic carbocycles. The zero-order valence-corrected chi connectivity index (χ0v) is 18.8. The van der Waals surface area contributed by atoms with Crippen molar-refractivity contribution >= 4 is 41.5 Å². The number of hydrogen-bond acceptors (Lipinski definition) is 2. The number of guanidine groups is 1. The smallest absolute Gasteiger partial charge is 0.226 e. The Morgan fingerprint density at radius 1 is 1.00 bits per heavy atom. The minimum atomic E-state index is -0.243. The second-order valence-corrected chi connectivity index (χ2v) is 6.52. The van der Waals surface area contributed by atoms with Crippen molar-refractivity contribution in [3.05, 3.63) is 65.5 Å². The van der Waals surface area contributed by atoms with Crippen LogP contribution in [0.2, 0.25) is 0 Å². The number of anilines is 1. The van der Waals surface area contributed by atoms with Gasteiger partial charge in [-0.3, -0.25) is 4.79 Å². The highest BCUT2D eigenvalue weighted by Crippen LogP contribution is 2.11. The normalized spacial score (nSPS) is 11.0. The summed E-state index contributed by atoms with van der Waals surface area (Å²) in [4.78, 5) is 16.3. The molecule has 0 radical (unpaired) electrons. The number of carbonyl (C=O) groups excluding carboxylic acids is 1. The lowest BCUT2D eigenvalue weighted by atomic mass is 10.2. The molecule has 0 saturated heterocycles. The molecule has 28 heavy (non-hydrogen) atoms. The van der Waals surface area contributed by atoms with Gasteiger partial charge < -0.3 is 16.0 Å². The first-order valence-electron chi connectivity index (χ1n) is 9.14. The fraction of sp³-hybridized carbons (Fsp3) is 0.333. The molecule has 0 aromatic heterocycles. The largest absolute Gasteiger partial charge is 0.357 e. The molecule has 0 aliphatic heterocycles. The molecule has 0 saturated carbocycles. The number of amides is 1. The zero-order chi connectivity index (χ0) is 19.6. The van der Waals surface area contributed by atoms with Crippen molar-refractivity contribution in [2.24, 2.45) is 10.9 Å². The first-order valence-corrected chi connectivity index (χ1v) is 9.14. The molecule has 0 bridgehead atoms. The average molecular weight is 498 g/mol. The quantitative estimate of drug-likeness (QED) is 0.303. The van der Waals surface area contributed by atoms with Gasteiger partial charge in [-0.05, 0) is 42.3 Å². The van der Waals surface area contributed by atoms with Crippen molar-refractivity contribution in [1.29, 1.82) is 0 Å². The van der Waals surface area contributed by atoms with Crippen LogP contribution in [0.3, 0.4) is 0 Å². The van der Waals surface area contributed by atoms with Crippen molar-refractivity contribution in [3.63, 3.8) is 0 Å². The van der Waals surface area contributed by atoms with Crippen LogP contribution in [0.15, 0.2) is 53.5 Å². The van der Waals surface area contributed by atoms with E-state index in [2.05, 4.69) is 20.9 Å². The lowest BCUT2D eigenvalue weighted by molar-refractivity contribution is -0.118. The fourth-order valence-electron chi connectivity index (χ4n) is 2.28. The molecule has 3 N–H and O–H groups in total. The average Bonchev–Trinajstić information content (AvgIpc) is 2.66. The number of nitrogens with one attached hydrogen (secondary N) is 3. The highest BCUT2D eigenvalue weighted by atomic mass is 127. The molecule has 0 fully saturated rings. The van der Waals surface area contributed by atoms with E-state index < -0.39 is 0 Å². The van der Waals surface area contributed by atoms with Crippen molar-refractivity contribution < 1.29 is 9.18 Å². The van der Waals surface area contributed by atoms with E-state index in [1.54, 1.807) is 12.1 Å². The highest BCUT2D eigenvalue weighted by Gasteiger charge is 2.06. The first-order chi connectivity index (χ1) is 13.0. The van der Waals surface area contributed by atoms with Crippen LogP contribution in [0.4, 0.5) is 10.1 Å². The van der Waals surface area contributed by atoms with E-state index in [4.69, 9.17) is 0 Å². The van der Waals surface area contributed by atoms with Crippen LogP contribution in [-0.4, -0.2) is 18.4 Å². The number of nitrogens with zero attached hydrogens (tertiary/aromatic N) is 1. The Balaban J connectivity index is 0.00000392. The monoisotopic (exact) mass is 498 g/mol. The van der Waals surface area contributed by atoms with Crippen molar-refractivity contribution in [3.8, 4) is 0 Å². The summed E-state index contributed by atoms with van der Waals surface area (Å²) in [5.41, 5.74) is 2.80. The summed E-state index contributed by atoms with van der Waals surface area (Å²) < 4.78 is 13.0. The summed E-state index contributed by atoms with van der Waals surface area (Å²) in [6, 6.07) is 14.0. The van der Waals surface area contributed by atoms with Gasteiger partial charge in [0.1, 0.15) is 5.82 Å². The SMILES string of the molecule is CCNC(=NCc1ccc(NC(=O)C(C)C)cc1)NCc1ccc(F)cc1.I. The Kier molecular flexibility index (Phi) is 10.5. The third-order valence-corrected chi connectivity index (χ3v) is 3.88. The van der Waals surface area contributed by atoms with E-state index in [0.29, 0.717) is 19.0 Å². The number of aliphatic imine (C=N–C) groups is 1. The molecule has 0 aliphatic rings. The molecular formula is C21H28FIN4O. The second kappa shape index (κ2) is 12.3. The summed E-state index contributed by atoms with van der Waals surface area (Å²) in [6.07, 6.45) is 0. The number of benzene rings is 2. The summed E-state index contributed by atoms with van der Waals surface area (Å²) in [6.45, 7) is 7.54. The van der Waals surface area contributed by atoms with Crippen LogP contribution in [0.25, 0.3) is 0 Å².